The van der Waals surface area contributed by atoms with Crippen LogP contribution in [0.5, 0.6) is 0 Å². The summed E-state index contributed by atoms with van der Waals surface area (Å²) >= 11 is 0. The van der Waals surface area contributed by atoms with Gasteiger partial charge in [-0.15, -0.1) is 0 Å². The highest BCUT2D eigenvalue weighted by atomic mass is 16.5. The Kier molecular flexibility index (Phi) is 2.84. The van der Waals surface area contributed by atoms with Crippen LogP contribution in [0.3, 0.4) is 0 Å². The summed E-state index contributed by atoms with van der Waals surface area (Å²) in [6.07, 6.45) is 4.01. The van der Waals surface area contributed by atoms with E-state index in [9.17, 15) is 0 Å². The smallest absolute Gasteiger partial charge is 0.155 e. The van der Waals surface area contributed by atoms with Crippen molar-refractivity contribution >= 4 is 11.6 Å². The van der Waals surface area contributed by atoms with Gasteiger partial charge in [-0.1, -0.05) is 5.16 Å². The molecule has 0 bridgehead atoms. The Morgan fingerprint density at radius 3 is 2.83 bits per heavy atom. The van der Waals surface area contributed by atoms with Gasteiger partial charge >= 0.3 is 0 Å². The summed E-state index contributed by atoms with van der Waals surface area (Å²) in [6.45, 7) is 0.574. The summed E-state index contributed by atoms with van der Waals surface area (Å²) in [6, 6.07) is 3.72. The minimum Gasteiger partial charge on any atom is -0.373 e. The third kappa shape index (κ3) is 2.42. The van der Waals surface area contributed by atoms with Gasteiger partial charge in [0.1, 0.15) is 17.5 Å². The number of aromatic nitrogens is 3. The Bertz CT molecular complexity index is 521. The second-order valence-corrected chi connectivity index (χ2v) is 4.35. The first-order valence-corrected chi connectivity index (χ1v) is 6.05. The van der Waals surface area contributed by atoms with Crippen molar-refractivity contribution in [1.82, 2.24) is 15.1 Å². The topological polar surface area (TPSA) is 75.9 Å². The molecule has 0 atom stereocenters. The van der Waals surface area contributed by atoms with Gasteiger partial charge in [-0.05, 0) is 12.8 Å². The molecule has 3 rings (SSSR count). The fourth-order valence-electron chi connectivity index (χ4n) is 1.72. The normalized spacial score (nSPS) is 14.5. The van der Waals surface area contributed by atoms with Crippen molar-refractivity contribution in [2.45, 2.75) is 25.3 Å². The summed E-state index contributed by atoms with van der Waals surface area (Å²) < 4.78 is 5.03. The molecule has 1 fully saturated rings. The molecule has 0 saturated heterocycles. The van der Waals surface area contributed by atoms with E-state index in [4.69, 9.17) is 4.52 Å². The molecule has 0 aliphatic heterocycles. The highest BCUT2D eigenvalue weighted by Crippen LogP contribution is 2.38. The average Bonchev–Trinajstić information content (AvgIpc) is 3.13. The van der Waals surface area contributed by atoms with E-state index in [0.29, 0.717) is 12.5 Å². The molecule has 0 amide bonds. The van der Waals surface area contributed by atoms with Crippen LogP contribution in [0.15, 0.2) is 22.9 Å². The summed E-state index contributed by atoms with van der Waals surface area (Å²) in [7, 11) is 1.86. The van der Waals surface area contributed by atoms with Gasteiger partial charge in [0.15, 0.2) is 5.76 Å². The second kappa shape index (κ2) is 4.64. The van der Waals surface area contributed by atoms with Crippen LogP contribution < -0.4 is 10.6 Å². The minimum atomic E-state index is 0.532. The summed E-state index contributed by atoms with van der Waals surface area (Å²) in [4.78, 5) is 8.98. The number of rotatable bonds is 5. The number of nitrogens with one attached hydrogen (secondary N) is 2. The Hall–Kier alpha value is -2.11. The highest BCUT2D eigenvalue weighted by Gasteiger charge is 2.27. The molecule has 1 aliphatic rings. The first-order valence-electron chi connectivity index (χ1n) is 6.05. The van der Waals surface area contributed by atoms with E-state index in [2.05, 4.69) is 25.8 Å². The Morgan fingerprint density at radius 2 is 2.17 bits per heavy atom. The van der Waals surface area contributed by atoms with Crippen LogP contribution in [0.2, 0.25) is 0 Å². The van der Waals surface area contributed by atoms with Gasteiger partial charge in [-0.2, -0.15) is 0 Å². The van der Waals surface area contributed by atoms with Gasteiger partial charge in [-0.3, -0.25) is 0 Å². The van der Waals surface area contributed by atoms with Crippen LogP contribution >= 0.6 is 0 Å². The lowest BCUT2D eigenvalue weighted by Gasteiger charge is -2.08. The average molecular weight is 245 g/mol. The van der Waals surface area contributed by atoms with E-state index in [-0.39, 0.29) is 0 Å². The van der Waals surface area contributed by atoms with Crippen LogP contribution in [0.1, 0.15) is 30.3 Å². The van der Waals surface area contributed by atoms with Crippen molar-refractivity contribution in [2.75, 3.05) is 17.7 Å². The Balaban J connectivity index is 1.75. The van der Waals surface area contributed by atoms with Crippen LogP contribution in [-0.4, -0.2) is 22.2 Å². The molecule has 1 aliphatic carbocycles. The molecule has 0 aromatic carbocycles. The zero-order chi connectivity index (χ0) is 12.4. The van der Waals surface area contributed by atoms with E-state index in [1.807, 2.05) is 19.2 Å². The van der Waals surface area contributed by atoms with Crippen molar-refractivity contribution in [3.05, 3.63) is 29.9 Å². The molecule has 0 radical (unpaired) electrons. The number of hydrogen-bond acceptors (Lipinski definition) is 6. The number of anilines is 2. The molecule has 18 heavy (non-hydrogen) atoms. The molecule has 2 N–H and O–H groups in total. The Labute approximate surface area is 105 Å². The van der Waals surface area contributed by atoms with Crippen molar-refractivity contribution < 1.29 is 4.52 Å². The molecule has 6 heteroatoms. The van der Waals surface area contributed by atoms with Gasteiger partial charge < -0.3 is 15.2 Å². The van der Waals surface area contributed by atoms with Crippen LogP contribution in [0, 0.1) is 0 Å². The van der Waals surface area contributed by atoms with Crippen LogP contribution in [0.4, 0.5) is 11.6 Å². The summed E-state index contributed by atoms with van der Waals surface area (Å²) in [5.41, 5.74) is 0. The van der Waals surface area contributed by atoms with Gasteiger partial charge in [0, 0.05) is 25.1 Å². The lowest BCUT2D eigenvalue weighted by molar-refractivity contribution is 0.388. The lowest BCUT2D eigenvalue weighted by atomic mass is 10.3. The molecular formula is C12H15N5O. The van der Waals surface area contributed by atoms with Crippen LogP contribution in [-0.2, 0) is 6.54 Å². The third-order valence-corrected chi connectivity index (χ3v) is 2.88. The van der Waals surface area contributed by atoms with Gasteiger partial charge in [0.05, 0.1) is 12.7 Å². The standard InChI is InChI=1S/C12H15N5O/c1-13-10-6-11(14-7-9-4-5-15-18-9)17-12(16-10)8-2-3-8/h4-6,8H,2-3,7H2,1H3,(H2,13,14,16,17). The van der Waals surface area contributed by atoms with Gasteiger partial charge in [-0.25, -0.2) is 9.97 Å². The third-order valence-electron chi connectivity index (χ3n) is 2.88. The molecule has 1 saturated carbocycles. The molecule has 0 unspecified atom stereocenters. The lowest BCUT2D eigenvalue weighted by Crippen LogP contribution is -2.05. The van der Waals surface area contributed by atoms with Crippen LogP contribution in [0.25, 0.3) is 0 Å². The van der Waals surface area contributed by atoms with Gasteiger partial charge in [0.25, 0.3) is 0 Å². The first-order chi connectivity index (χ1) is 8.85. The van der Waals surface area contributed by atoms with Gasteiger partial charge in [0.2, 0.25) is 0 Å². The van der Waals surface area contributed by atoms with E-state index >= 15 is 0 Å². The second-order valence-electron chi connectivity index (χ2n) is 4.35. The molecule has 2 aromatic rings. The zero-order valence-corrected chi connectivity index (χ0v) is 10.2. The van der Waals surface area contributed by atoms with Crippen molar-refractivity contribution in [2.24, 2.45) is 0 Å². The quantitative estimate of drug-likeness (QED) is 0.839. The predicted molar refractivity (Wildman–Crippen MR) is 67.4 cm³/mol. The summed E-state index contributed by atoms with van der Waals surface area (Å²) in [5, 5.41) is 9.94. The van der Waals surface area contributed by atoms with E-state index in [0.717, 1.165) is 23.2 Å². The number of nitrogens with zero attached hydrogens (tertiary/aromatic N) is 3. The largest absolute Gasteiger partial charge is 0.373 e. The molecule has 0 spiro atoms. The molecular weight excluding hydrogens is 230 g/mol. The minimum absolute atomic E-state index is 0.532. The fourth-order valence-corrected chi connectivity index (χ4v) is 1.72. The molecule has 6 nitrogen and oxygen atoms in total. The SMILES string of the molecule is CNc1cc(NCc2ccno2)nc(C2CC2)n1. The maximum Gasteiger partial charge on any atom is 0.155 e. The highest BCUT2D eigenvalue weighted by molar-refractivity contribution is 5.47. The van der Waals surface area contributed by atoms with Crippen molar-refractivity contribution in [1.29, 1.82) is 0 Å². The number of hydrogen-bond donors (Lipinski definition) is 2. The zero-order valence-electron chi connectivity index (χ0n) is 10.2. The van der Waals surface area contributed by atoms with E-state index in [1.165, 1.54) is 12.8 Å². The van der Waals surface area contributed by atoms with Crippen molar-refractivity contribution in [3.63, 3.8) is 0 Å². The maximum atomic E-state index is 5.03. The summed E-state index contributed by atoms with van der Waals surface area (Å²) in [5.74, 6) is 3.89. The molecule has 2 aromatic heterocycles. The molecule has 2 heterocycles. The Morgan fingerprint density at radius 1 is 1.33 bits per heavy atom. The van der Waals surface area contributed by atoms with Crippen molar-refractivity contribution in [3.8, 4) is 0 Å². The molecule has 94 valence electrons. The maximum absolute atomic E-state index is 5.03. The van der Waals surface area contributed by atoms with E-state index < -0.39 is 0 Å². The monoisotopic (exact) mass is 245 g/mol. The first kappa shape index (κ1) is 11.0. The fraction of sp³-hybridized carbons (Fsp3) is 0.417. The van der Waals surface area contributed by atoms with E-state index in [1.54, 1.807) is 6.20 Å². The predicted octanol–water partition coefficient (Wildman–Crippen LogP) is 2.00.